The zero-order chi connectivity index (χ0) is 17.3. The van der Waals surface area contributed by atoms with E-state index in [1.165, 1.54) is 21.9 Å². The first-order chi connectivity index (χ1) is 11.5. The fourth-order valence-electron chi connectivity index (χ4n) is 2.76. The third kappa shape index (κ3) is 3.12. The number of carbonyl (C=O) groups is 2. The van der Waals surface area contributed by atoms with E-state index >= 15 is 0 Å². The van der Waals surface area contributed by atoms with Crippen LogP contribution in [0.4, 0.5) is 4.39 Å². The van der Waals surface area contributed by atoms with Gasteiger partial charge in [0.2, 0.25) is 11.8 Å². The molecule has 0 saturated carbocycles. The molecular weight excluding hydrogens is 313 g/mol. The Balaban J connectivity index is 1.73. The molecule has 0 N–H and O–H groups in total. The van der Waals surface area contributed by atoms with Crippen molar-refractivity contribution >= 4 is 11.8 Å². The summed E-state index contributed by atoms with van der Waals surface area (Å²) >= 11 is 0. The molecule has 3 rings (SSSR count). The lowest BCUT2D eigenvalue weighted by atomic mass is 10.1. The second-order valence-corrected chi connectivity index (χ2v) is 5.88. The Labute approximate surface area is 138 Å². The van der Waals surface area contributed by atoms with Crippen molar-refractivity contribution in [2.24, 2.45) is 7.05 Å². The highest BCUT2D eigenvalue weighted by atomic mass is 19.1. The van der Waals surface area contributed by atoms with Crippen molar-refractivity contribution in [1.82, 2.24) is 24.6 Å². The number of halogens is 1. The third-order valence-electron chi connectivity index (χ3n) is 4.16. The van der Waals surface area contributed by atoms with Gasteiger partial charge in [0.1, 0.15) is 24.7 Å². The van der Waals surface area contributed by atoms with Gasteiger partial charge in [-0.1, -0.05) is 12.1 Å². The summed E-state index contributed by atoms with van der Waals surface area (Å²) in [6.07, 6.45) is 1.55. The van der Waals surface area contributed by atoms with Crippen LogP contribution in [0, 0.1) is 5.82 Å². The third-order valence-corrected chi connectivity index (χ3v) is 4.16. The lowest BCUT2D eigenvalue weighted by molar-refractivity contribution is -0.156. The minimum atomic E-state index is -0.600. The van der Waals surface area contributed by atoms with Crippen molar-refractivity contribution in [3.63, 3.8) is 0 Å². The maximum atomic E-state index is 13.3. The van der Waals surface area contributed by atoms with Gasteiger partial charge in [0.25, 0.3) is 0 Å². The number of benzene rings is 1. The van der Waals surface area contributed by atoms with Crippen LogP contribution >= 0.6 is 0 Å². The minimum absolute atomic E-state index is 0.0302. The number of aromatic nitrogens is 3. The summed E-state index contributed by atoms with van der Waals surface area (Å²) in [6.45, 7) is 2.10. The van der Waals surface area contributed by atoms with Crippen molar-refractivity contribution in [1.29, 1.82) is 0 Å². The quantitative estimate of drug-likeness (QED) is 0.827. The molecule has 0 unspecified atom stereocenters. The number of piperazine rings is 1. The van der Waals surface area contributed by atoms with Gasteiger partial charge in [-0.15, -0.1) is 10.2 Å². The molecule has 126 valence electrons. The fraction of sp³-hybridized carbons (Fsp3) is 0.375. The number of hydrogen-bond donors (Lipinski definition) is 0. The molecule has 2 heterocycles. The Morgan fingerprint density at radius 2 is 2.08 bits per heavy atom. The van der Waals surface area contributed by atoms with E-state index in [-0.39, 0.29) is 37.3 Å². The molecule has 0 spiro atoms. The van der Waals surface area contributed by atoms with E-state index in [1.54, 1.807) is 37.0 Å². The van der Waals surface area contributed by atoms with Gasteiger partial charge < -0.3 is 14.4 Å². The van der Waals surface area contributed by atoms with Crippen molar-refractivity contribution < 1.29 is 14.0 Å². The smallest absolute Gasteiger partial charge is 0.245 e. The van der Waals surface area contributed by atoms with E-state index in [0.717, 1.165) is 0 Å². The SMILES string of the molecule is C[C@H]1C(=O)N(Cc2cccc(F)c2)CC(=O)N1Cc1nncn1C. The predicted octanol–water partition coefficient (Wildman–Crippen LogP) is 0.714. The van der Waals surface area contributed by atoms with Gasteiger partial charge in [-0.05, 0) is 24.6 Å². The molecule has 24 heavy (non-hydrogen) atoms. The van der Waals surface area contributed by atoms with E-state index in [1.807, 2.05) is 0 Å². The Morgan fingerprint density at radius 1 is 1.29 bits per heavy atom. The summed E-state index contributed by atoms with van der Waals surface area (Å²) in [6, 6.07) is 5.44. The molecule has 1 fully saturated rings. The van der Waals surface area contributed by atoms with Crippen LogP contribution in [-0.2, 0) is 29.7 Å². The first kappa shape index (κ1) is 16.1. The average molecular weight is 331 g/mol. The first-order valence-corrected chi connectivity index (χ1v) is 7.61. The van der Waals surface area contributed by atoms with E-state index in [9.17, 15) is 14.0 Å². The molecule has 1 aromatic heterocycles. The summed E-state index contributed by atoms with van der Waals surface area (Å²) in [7, 11) is 1.78. The number of carbonyl (C=O) groups excluding carboxylic acids is 2. The highest BCUT2D eigenvalue weighted by Gasteiger charge is 2.36. The molecule has 2 aromatic rings. The van der Waals surface area contributed by atoms with Gasteiger partial charge in [-0.2, -0.15) is 0 Å². The van der Waals surface area contributed by atoms with Crippen LogP contribution in [0.2, 0.25) is 0 Å². The van der Waals surface area contributed by atoms with E-state index < -0.39 is 6.04 Å². The summed E-state index contributed by atoms with van der Waals surface area (Å²) in [5.74, 6) is -0.0793. The van der Waals surface area contributed by atoms with Gasteiger partial charge in [-0.3, -0.25) is 9.59 Å². The van der Waals surface area contributed by atoms with Gasteiger partial charge in [0.05, 0.1) is 6.54 Å². The second-order valence-electron chi connectivity index (χ2n) is 5.88. The molecular formula is C16H18FN5O2. The van der Waals surface area contributed by atoms with E-state index in [0.29, 0.717) is 11.4 Å². The number of amides is 2. The normalized spacial score (nSPS) is 18.4. The Bertz CT molecular complexity index is 775. The van der Waals surface area contributed by atoms with Crippen molar-refractivity contribution in [2.75, 3.05) is 6.54 Å². The highest BCUT2D eigenvalue weighted by molar-refractivity contribution is 5.94. The van der Waals surface area contributed by atoms with Gasteiger partial charge in [0.15, 0.2) is 5.82 Å². The molecule has 1 aliphatic heterocycles. The number of rotatable bonds is 4. The van der Waals surface area contributed by atoms with Crippen LogP contribution in [-0.4, -0.2) is 49.0 Å². The summed E-state index contributed by atoms with van der Waals surface area (Å²) in [4.78, 5) is 28.0. The lowest BCUT2D eigenvalue weighted by Gasteiger charge is -2.38. The second kappa shape index (κ2) is 6.38. The van der Waals surface area contributed by atoms with E-state index in [4.69, 9.17) is 0 Å². The number of nitrogens with zero attached hydrogens (tertiary/aromatic N) is 5. The van der Waals surface area contributed by atoms with Crippen LogP contribution in [0.3, 0.4) is 0 Å². The predicted molar refractivity (Wildman–Crippen MR) is 82.8 cm³/mol. The van der Waals surface area contributed by atoms with E-state index in [2.05, 4.69) is 10.2 Å². The molecule has 2 amide bonds. The molecule has 1 aromatic carbocycles. The Hall–Kier alpha value is -2.77. The van der Waals surface area contributed by atoms with Gasteiger partial charge in [-0.25, -0.2) is 4.39 Å². The lowest BCUT2D eigenvalue weighted by Crippen LogP contribution is -2.58. The first-order valence-electron chi connectivity index (χ1n) is 7.61. The van der Waals surface area contributed by atoms with Crippen molar-refractivity contribution in [3.05, 3.63) is 47.8 Å². The zero-order valence-electron chi connectivity index (χ0n) is 13.5. The highest BCUT2D eigenvalue weighted by Crippen LogP contribution is 2.18. The zero-order valence-corrected chi connectivity index (χ0v) is 13.5. The maximum absolute atomic E-state index is 13.3. The molecule has 0 bridgehead atoms. The number of aryl methyl sites for hydroxylation is 1. The Morgan fingerprint density at radius 3 is 2.75 bits per heavy atom. The topological polar surface area (TPSA) is 71.3 Å². The molecule has 0 aliphatic carbocycles. The summed E-state index contributed by atoms with van der Waals surface area (Å²) < 4.78 is 15.0. The minimum Gasteiger partial charge on any atom is -0.327 e. The molecule has 1 atom stereocenters. The molecule has 1 saturated heterocycles. The molecule has 1 aliphatic rings. The van der Waals surface area contributed by atoms with Gasteiger partial charge >= 0.3 is 0 Å². The maximum Gasteiger partial charge on any atom is 0.245 e. The average Bonchev–Trinajstić information content (AvgIpc) is 2.94. The van der Waals surface area contributed by atoms with Crippen LogP contribution in [0.15, 0.2) is 30.6 Å². The van der Waals surface area contributed by atoms with Crippen LogP contribution in [0.1, 0.15) is 18.3 Å². The van der Waals surface area contributed by atoms with Crippen LogP contribution in [0.5, 0.6) is 0 Å². The van der Waals surface area contributed by atoms with Crippen molar-refractivity contribution in [3.8, 4) is 0 Å². The van der Waals surface area contributed by atoms with Crippen LogP contribution in [0.25, 0.3) is 0 Å². The summed E-state index contributed by atoms with van der Waals surface area (Å²) in [5, 5.41) is 7.73. The fourth-order valence-corrected chi connectivity index (χ4v) is 2.76. The molecule has 8 heteroatoms. The monoisotopic (exact) mass is 331 g/mol. The number of hydrogen-bond acceptors (Lipinski definition) is 4. The van der Waals surface area contributed by atoms with Crippen LogP contribution < -0.4 is 0 Å². The van der Waals surface area contributed by atoms with Gasteiger partial charge in [0, 0.05) is 13.6 Å². The van der Waals surface area contributed by atoms with Crippen molar-refractivity contribution in [2.45, 2.75) is 26.1 Å². The molecule has 0 radical (unpaired) electrons. The largest absolute Gasteiger partial charge is 0.327 e. The Kier molecular flexibility index (Phi) is 4.28. The standard InChI is InChI=1S/C16H18FN5O2/c1-11-16(24)21(7-12-4-3-5-13(17)6-12)9-15(23)22(11)8-14-19-18-10-20(14)2/h3-6,10-11H,7-9H2,1-2H3/t11-/m0/s1. The summed E-state index contributed by atoms with van der Waals surface area (Å²) in [5.41, 5.74) is 0.658. The molecule has 7 nitrogen and oxygen atoms in total.